The Morgan fingerprint density at radius 2 is 1.18 bits per heavy atom. The van der Waals surface area contributed by atoms with Gasteiger partial charge in [-0.25, -0.2) is 9.59 Å². The Balaban J connectivity index is -0.000000599. The van der Waals surface area contributed by atoms with Crippen molar-refractivity contribution in [1.82, 2.24) is 30.2 Å². The maximum absolute atomic E-state index is 11.8. The van der Waals surface area contributed by atoms with E-state index < -0.39 is 43.0 Å². The van der Waals surface area contributed by atoms with Crippen LogP contribution in [0.15, 0.2) is 0 Å². The van der Waals surface area contributed by atoms with Gasteiger partial charge in [0.25, 0.3) is 0 Å². The van der Waals surface area contributed by atoms with Crippen molar-refractivity contribution >= 4 is 36.2 Å². The van der Waals surface area contributed by atoms with Crippen LogP contribution in [0.4, 0.5) is 27.2 Å². The van der Waals surface area contributed by atoms with Crippen molar-refractivity contribution in [3.8, 4) is 0 Å². The van der Waals surface area contributed by atoms with Crippen LogP contribution >= 0.6 is 0 Å². The number of nitrogens with one attached hydrogen (secondary N) is 2. The summed E-state index contributed by atoms with van der Waals surface area (Å²) in [7, 11) is 2.59. The molecule has 0 unspecified atom stereocenters. The van der Waals surface area contributed by atoms with Gasteiger partial charge in [-0.15, -0.1) is 0 Å². The van der Waals surface area contributed by atoms with Crippen LogP contribution < -0.4 is 10.6 Å². The van der Waals surface area contributed by atoms with E-state index in [1.165, 1.54) is 9.80 Å². The molecule has 0 aromatic carbocycles. The number of carbonyl (C=O) groups excluding carboxylic acids is 6. The van der Waals surface area contributed by atoms with Gasteiger partial charge in [0, 0.05) is 46.8 Å². The molecule has 3 rings (SSSR count). The fraction of sp³-hybridized carbons (Fsp3) is 0.806. The zero-order valence-corrected chi connectivity index (χ0v) is 29.3. The van der Waals surface area contributed by atoms with Crippen LogP contribution in [0.5, 0.6) is 0 Å². The van der Waals surface area contributed by atoms with Crippen molar-refractivity contribution < 1.29 is 57.2 Å². The molecule has 14 nitrogen and oxygen atoms in total. The smallest absolute Gasteiger partial charge is 0.444 e. The summed E-state index contributed by atoms with van der Waals surface area (Å²) in [5.74, 6) is 0.0363. The Morgan fingerprint density at radius 3 is 1.65 bits per heavy atom. The highest BCUT2D eigenvalue weighted by atomic mass is 19.4. The molecule has 3 aliphatic heterocycles. The predicted molar refractivity (Wildman–Crippen MR) is 177 cm³/mol. The summed E-state index contributed by atoms with van der Waals surface area (Å²) in [6.07, 6.45) is -3.89. The number of halogens is 4. The van der Waals surface area contributed by atoms with Crippen LogP contribution in [-0.4, -0.2) is 153 Å². The molecule has 0 aromatic heterocycles. The number of hydrogen-bond donors (Lipinski definition) is 2. The van der Waals surface area contributed by atoms with Gasteiger partial charge in [0.2, 0.25) is 24.0 Å². The van der Waals surface area contributed by atoms with Crippen molar-refractivity contribution in [2.45, 2.75) is 85.6 Å². The summed E-state index contributed by atoms with van der Waals surface area (Å²) in [5, 5.41) is 5.74. The van der Waals surface area contributed by atoms with Gasteiger partial charge in [-0.1, -0.05) is 7.43 Å². The van der Waals surface area contributed by atoms with Crippen LogP contribution in [0.2, 0.25) is 0 Å². The highest BCUT2D eigenvalue weighted by molar-refractivity contribution is 5.83. The van der Waals surface area contributed by atoms with Crippen LogP contribution in [0.25, 0.3) is 0 Å². The Bertz CT molecular complexity index is 1040. The third-order valence-corrected chi connectivity index (χ3v) is 5.92. The van der Waals surface area contributed by atoms with Gasteiger partial charge in [-0.2, -0.15) is 13.2 Å². The molecule has 0 radical (unpaired) electrons. The van der Waals surface area contributed by atoms with Gasteiger partial charge in [0.15, 0.2) is 0 Å². The van der Waals surface area contributed by atoms with Crippen molar-refractivity contribution in [2.24, 2.45) is 0 Å². The Hall–Kier alpha value is -3.70. The number of alkyl halides is 4. The SMILES string of the molecule is C.CC(C)(C)OC(=O)N1CCCNC(=O)C1.CN1CCCN(C(=O)OC(C)(C)C)CC1=O.CN1CCCNCC1=O.O=CC(F)(F)F.[2H]CF. The second-order valence-electron chi connectivity index (χ2n) is 12.7. The molecule has 0 atom stereocenters. The lowest BCUT2D eigenvalue weighted by molar-refractivity contribution is -0.156. The monoisotopic (exact) mass is 719 g/mol. The molecule has 0 saturated carbocycles. The van der Waals surface area contributed by atoms with Crippen molar-refractivity contribution in [1.29, 1.82) is 0 Å². The molecule has 2 N–H and O–H groups in total. The number of rotatable bonds is 0. The van der Waals surface area contributed by atoms with Gasteiger partial charge < -0.3 is 29.9 Å². The maximum Gasteiger partial charge on any atom is 0.446 e. The molecule has 3 heterocycles. The zero-order valence-electron chi connectivity index (χ0n) is 30.3. The number of ether oxygens (including phenoxy) is 2. The van der Waals surface area contributed by atoms with Gasteiger partial charge >= 0.3 is 18.4 Å². The van der Waals surface area contributed by atoms with E-state index in [0.29, 0.717) is 32.7 Å². The quantitative estimate of drug-likeness (QED) is 0.283. The van der Waals surface area contributed by atoms with E-state index in [4.69, 9.17) is 15.6 Å². The molecule has 18 heteroatoms. The normalized spacial score (nSPS) is 17.3. The molecule has 288 valence electrons. The molecule has 3 saturated heterocycles. The van der Waals surface area contributed by atoms with E-state index in [9.17, 15) is 41.5 Å². The lowest BCUT2D eigenvalue weighted by atomic mass is 10.2. The van der Waals surface area contributed by atoms with E-state index in [1.54, 1.807) is 16.8 Å². The van der Waals surface area contributed by atoms with Crippen molar-refractivity contribution in [2.75, 3.05) is 80.2 Å². The molecule has 0 aromatic rings. The summed E-state index contributed by atoms with van der Waals surface area (Å²) in [6, 6.07) is 0. The minimum atomic E-state index is -4.64. The summed E-state index contributed by atoms with van der Waals surface area (Å²) in [4.78, 5) is 72.1. The van der Waals surface area contributed by atoms with Gasteiger partial charge in [0.1, 0.15) is 24.3 Å². The number of hydrogen-bond acceptors (Lipinski definition) is 9. The molecular formula is C31H58F4N6O8. The van der Waals surface area contributed by atoms with Crippen molar-refractivity contribution in [3.63, 3.8) is 0 Å². The van der Waals surface area contributed by atoms with Gasteiger partial charge in [-0.3, -0.25) is 33.4 Å². The number of carbonyl (C=O) groups is 6. The van der Waals surface area contributed by atoms with Crippen molar-refractivity contribution in [3.05, 3.63) is 0 Å². The summed E-state index contributed by atoms with van der Waals surface area (Å²) in [5.41, 5.74) is -1.03. The zero-order chi connectivity index (χ0) is 38.4. The Kier molecular flexibility index (Phi) is 23.6. The molecule has 3 fully saturated rings. The van der Waals surface area contributed by atoms with Gasteiger partial charge in [-0.05, 0) is 67.3 Å². The molecule has 3 aliphatic rings. The summed E-state index contributed by atoms with van der Waals surface area (Å²) < 4.78 is 57.2. The number of amides is 5. The first-order valence-corrected chi connectivity index (χ1v) is 15.3. The van der Waals surface area contributed by atoms with Crippen LogP contribution in [0.3, 0.4) is 0 Å². The largest absolute Gasteiger partial charge is 0.446 e. The minimum Gasteiger partial charge on any atom is -0.444 e. The first-order chi connectivity index (χ1) is 22.5. The third kappa shape index (κ3) is 26.9. The lowest BCUT2D eigenvalue weighted by Gasteiger charge is -2.25. The predicted octanol–water partition coefficient (Wildman–Crippen LogP) is 3.24. The maximum atomic E-state index is 11.8. The van der Waals surface area contributed by atoms with Gasteiger partial charge in [0.05, 0.1) is 15.1 Å². The number of likely N-dealkylation sites (N-methyl/N-ethyl adjacent to an activating group) is 2. The van der Waals surface area contributed by atoms with E-state index in [2.05, 4.69) is 10.6 Å². The molecule has 0 bridgehead atoms. The number of nitrogens with zero attached hydrogens (tertiary/aromatic N) is 4. The molecular weight excluding hydrogens is 660 g/mol. The topological polar surface area (TPSA) is 158 Å². The van der Waals surface area contributed by atoms with Crippen LogP contribution in [0, 0.1) is 0 Å². The second-order valence-corrected chi connectivity index (χ2v) is 12.7. The van der Waals surface area contributed by atoms with E-state index in [1.807, 2.05) is 48.6 Å². The molecule has 0 spiro atoms. The Labute approximate surface area is 289 Å². The minimum absolute atomic E-state index is 0. The average Bonchev–Trinajstić information content (AvgIpc) is 3.38. The van der Waals surface area contributed by atoms with E-state index in [0.717, 1.165) is 32.4 Å². The standard InChI is InChI=1S/C11H20N2O3.C10H18N2O3.C6H12N2O.C2HF3O.CH3F.CH4/c1-11(2,3)16-10(15)13-7-5-6-12(4)9(14)8-13;1-10(2,3)15-9(14)12-6-4-5-11-8(13)7-12;1-8-4-2-3-7-5-6(8)9;3-2(4,5)1-6;1-2;/h5-8H2,1-4H3;4-7H2,1-3H3,(H,11,13);7H,2-5H2,1H3;1H;1H3;1H4/i;;;;1D;. The third-order valence-electron chi connectivity index (χ3n) is 5.92. The second kappa shape index (κ2) is 24.4. The summed E-state index contributed by atoms with van der Waals surface area (Å²) >= 11 is 0. The Morgan fingerprint density at radius 1 is 0.776 bits per heavy atom. The fourth-order valence-electron chi connectivity index (χ4n) is 3.65. The molecule has 49 heavy (non-hydrogen) atoms. The van der Waals surface area contributed by atoms with E-state index >= 15 is 0 Å². The fourth-order valence-corrected chi connectivity index (χ4v) is 3.65. The van der Waals surface area contributed by atoms with Crippen LogP contribution in [-0.2, 0) is 28.7 Å². The highest BCUT2D eigenvalue weighted by Gasteiger charge is 2.27. The lowest BCUT2D eigenvalue weighted by Crippen LogP contribution is -2.41. The van der Waals surface area contributed by atoms with Crippen LogP contribution in [0.1, 0.15) is 69.6 Å². The van der Waals surface area contributed by atoms with E-state index in [-0.39, 0.29) is 38.2 Å². The average molecular weight is 720 g/mol. The first kappa shape index (κ1) is 47.4. The molecule has 5 amide bonds. The number of aldehydes is 1. The summed E-state index contributed by atoms with van der Waals surface area (Å²) in [6.45, 7) is 15.9. The first-order valence-electron chi connectivity index (χ1n) is 16.0. The highest BCUT2D eigenvalue weighted by Crippen LogP contribution is 2.13. The molecule has 0 aliphatic carbocycles.